The van der Waals surface area contributed by atoms with E-state index in [9.17, 15) is 14.7 Å². The van der Waals surface area contributed by atoms with E-state index in [0.29, 0.717) is 12.8 Å². The zero-order valence-corrected chi connectivity index (χ0v) is 17.0. The fraction of sp³-hybridized carbons (Fsp3) is 0.333. The molecule has 0 saturated heterocycles. The molecule has 148 valence electrons. The molecule has 0 atom stereocenters. The highest BCUT2D eigenvalue weighted by Gasteiger charge is 2.17. The van der Waals surface area contributed by atoms with E-state index in [-0.39, 0.29) is 12.0 Å². The molecule has 0 aliphatic carbocycles. The zero-order chi connectivity index (χ0) is 20.7. The van der Waals surface area contributed by atoms with Gasteiger partial charge in [-0.3, -0.25) is 4.79 Å². The minimum absolute atomic E-state index is 0.0353. The van der Waals surface area contributed by atoms with Crippen molar-refractivity contribution < 1.29 is 19.4 Å². The van der Waals surface area contributed by atoms with Crippen LogP contribution in [0.15, 0.2) is 60.2 Å². The number of ether oxygens (including phenoxy) is 1. The third-order valence-electron chi connectivity index (χ3n) is 4.22. The van der Waals surface area contributed by atoms with Crippen LogP contribution in [0.4, 0.5) is 0 Å². The Morgan fingerprint density at radius 3 is 2.32 bits per heavy atom. The van der Waals surface area contributed by atoms with Crippen LogP contribution < -0.4 is 5.11 Å². The van der Waals surface area contributed by atoms with Gasteiger partial charge in [0.1, 0.15) is 5.60 Å². The molecule has 28 heavy (non-hydrogen) atoms. The van der Waals surface area contributed by atoms with Crippen LogP contribution in [0.5, 0.6) is 0 Å². The standard InChI is InChI=1S/C24H28O4/c1-17-15-18(13-14-21(17)19-10-6-5-7-11-19)9-8-12-20(23(26)27)16-22(25)28-24(2,3)4/h5-7,10-15H,8-9,16H2,1-4H3,(H,26,27)/p-1/b20-12+. The number of rotatable bonds is 7. The maximum atomic E-state index is 11.9. The molecule has 2 aromatic rings. The first-order chi connectivity index (χ1) is 13.2. The zero-order valence-electron chi connectivity index (χ0n) is 17.0. The van der Waals surface area contributed by atoms with Gasteiger partial charge in [0.2, 0.25) is 0 Å². The van der Waals surface area contributed by atoms with Crippen molar-refractivity contribution in [3.8, 4) is 11.1 Å². The summed E-state index contributed by atoms with van der Waals surface area (Å²) in [7, 11) is 0. The van der Waals surface area contributed by atoms with Crippen LogP contribution in [0.3, 0.4) is 0 Å². The average molecular weight is 379 g/mol. The first kappa shape index (κ1) is 21.4. The first-order valence-corrected chi connectivity index (χ1v) is 9.43. The summed E-state index contributed by atoms with van der Waals surface area (Å²) in [5.41, 5.74) is 3.95. The van der Waals surface area contributed by atoms with E-state index in [2.05, 4.69) is 37.3 Å². The molecule has 0 fully saturated rings. The lowest BCUT2D eigenvalue weighted by Crippen LogP contribution is -2.29. The number of carbonyl (C=O) groups is 2. The normalized spacial score (nSPS) is 11.9. The molecule has 0 bridgehead atoms. The molecular formula is C24H27O4-. The van der Waals surface area contributed by atoms with Gasteiger partial charge >= 0.3 is 5.97 Å². The Morgan fingerprint density at radius 2 is 1.75 bits per heavy atom. The minimum atomic E-state index is -1.33. The maximum Gasteiger partial charge on any atom is 0.310 e. The van der Waals surface area contributed by atoms with Gasteiger partial charge in [-0.25, -0.2) is 0 Å². The quantitative estimate of drug-likeness (QED) is 0.539. The van der Waals surface area contributed by atoms with Gasteiger partial charge in [-0.2, -0.15) is 0 Å². The molecule has 0 aliphatic heterocycles. The molecule has 0 aliphatic rings. The van der Waals surface area contributed by atoms with Gasteiger partial charge < -0.3 is 14.6 Å². The predicted octanol–water partition coefficient (Wildman–Crippen LogP) is 4.00. The van der Waals surface area contributed by atoms with Gasteiger partial charge in [0.15, 0.2) is 0 Å². The van der Waals surface area contributed by atoms with Crippen LogP contribution in [0.1, 0.15) is 44.7 Å². The highest BCUT2D eigenvalue weighted by molar-refractivity contribution is 5.91. The number of hydrogen-bond acceptors (Lipinski definition) is 4. The van der Waals surface area contributed by atoms with E-state index in [1.165, 1.54) is 16.7 Å². The summed E-state index contributed by atoms with van der Waals surface area (Å²) in [6.07, 6.45) is 2.46. The summed E-state index contributed by atoms with van der Waals surface area (Å²) in [5.74, 6) is -1.90. The fourth-order valence-corrected chi connectivity index (χ4v) is 3.00. The monoisotopic (exact) mass is 379 g/mol. The molecule has 0 N–H and O–H groups in total. The minimum Gasteiger partial charge on any atom is -0.545 e. The van der Waals surface area contributed by atoms with Gasteiger partial charge in [0.05, 0.1) is 12.4 Å². The van der Waals surface area contributed by atoms with E-state index in [1.54, 1.807) is 26.8 Å². The lowest BCUT2D eigenvalue weighted by atomic mass is 9.97. The van der Waals surface area contributed by atoms with Crippen molar-refractivity contribution in [2.75, 3.05) is 0 Å². The number of allylic oxidation sites excluding steroid dienone is 1. The lowest BCUT2D eigenvalue weighted by Gasteiger charge is -2.20. The number of aryl methyl sites for hydroxylation is 2. The second-order valence-electron chi connectivity index (χ2n) is 7.83. The van der Waals surface area contributed by atoms with Crippen LogP contribution in [0.25, 0.3) is 11.1 Å². The Bertz CT molecular complexity index is 858. The Kier molecular flexibility index (Phi) is 7.16. The van der Waals surface area contributed by atoms with Gasteiger partial charge in [-0.15, -0.1) is 0 Å². The van der Waals surface area contributed by atoms with Gasteiger partial charge in [0, 0.05) is 0 Å². The van der Waals surface area contributed by atoms with Crippen molar-refractivity contribution in [1.29, 1.82) is 0 Å². The van der Waals surface area contributed by atoms with E-state index in [1.807, 2.05) is 18.2 Å². The summed E-state index contributed by atoms with van der Waals surface area (Å²) < 4.78 is 5.18. The van der Waals surface area contributed by atoms with Crippen LogP contribution >= 0.6 is 0 Å². The number of esters is 1. The first-order valence-electron chi connectivity index (χ1n) is 9.43. The third-order valence-corrected chi connectivity index (χ3v) is 4.22. The molecular weight excluding hydrogens is 352 g/mol. The molecule has 0 saturated carbocycles. The molecule has 0 aromatic heterocycles. The summed E-state index contributed by atoms with van der Waals surface area (Å²) >= 11 is 0. The number of aliphatic carboxylic acids is 1. The molecule has 4 heteroatoms. The van der Waals surface area contributed by atoms with E-state index < -0.39 is 17.5 Å². The smallest absolute Gasteiger partial charge is 0.310 e. The lowest BCUT2D eigenvalue weighted by molar-refractivity contribution is -0.299. The second kappa shape index (κ2) is 9.36. The highest BCUT2D eigenvalue weighted by atomic mass is 16.6. The summed E-state index contributed by atoms with van der Waals surface area (Å²) in [6.45, 7) is 7.30. The Labute approximate surface area is 166 Å². The van der Waals surface area contributed by atoms with E-state index >= 15 is 0 Å². The van der Waals surface area contributed by atoms with Crippen LogP contribution in [-0.4, -0.2) is 17.5 Å². The van der Waals surface area contributed by atoms with Crippen molar-refractivity contribution in [2.24, 2.45) is 0 Å². The van der Waals surface area contributed by atoms with E-state index in [4.69, 9.17) is 4.74 Å². The SMILES string of the molecule is Cc1cc(CC/C=C(\CC(=O)OC(C)(C)C)C(=O)[O-])ccc1-c1ccccc1. The summed E-state index contributed by atoms with van der Waals surface area (Å²) in [6, 6.07) is 16.4. The second-order valence-corrected chi connectivity index (χ2v) is 7.83. The molecule has 0 amide bonds. The van der Waals surface area contributed by atoms with Crippen molar-refractivity contribution in [3.05, 3.63) is 71.3 Å². The number of carboxylic acid groups (broad SMARTS) is 1. The van der Waals surface area contributed by atoms with Crippen LogP contribution in [0.2, 0.25) is 0 Å². The number of benzene rings is 2. The van der Waals surface area contributed by atoms with Crippen molar-refractivity contribution >= 4 is 11.9 Å². The molecule has 4 nitrogen and oxygen atoms in total. The molecule has 0 spiro atoms. The summed E-state index contributed by atoms with van der Waals surface area (Å²) in [5, 5.41) is 11.3. The molecule has 0 unspecified atom stereocenters. The molecule has 0 radical (unpaired) electrons. The van der Waals surface area contributed by atoms with Crippen molar-refractivity contribution in [1.82, 2.24) is 0 Å². The maximum absolute atomic E-state index is 11.9. The number of carboxylic acids is 1. The predicted molar refractivity (Wildman–Crippen MR) is 108 cm³/mol. The van der Waals surface area contributed by atoms with Crippen molar-refractivity contribution in [2.45, 2.75) is 52.6 Å². The molecule has 2 aromatic carbocycles. The molecule has 0 heterocycles. The van der Waals surface area contributed by atoms with Gasteiger partial charge in [-0.05, 0) is 68.4 Å². The third kappa shape index (κ3) is 6.69. The van der Waals surface area contributed by atoms with Gasteiger partial charge in [-0.1, -0.05) is 54.6 Å². The highest BCUT2D eigenvalue weighted by Crippen LogP contribution is 2.24. The van der Waals surface area contributed by atoms with Crippen LogP contribution in [0, 0.1) is 6.92 Å². The largest absolute Gasteiger partial charge is 0.545 e. The van der Waals surface area contributed by atoms with Crippen LogP contribution in [-0.2, 0) is 20.7 Å². The Morgan fingerprint density at radius 1 is 1.07 bits per heavy atom. The number of carbonyl (C=O) groups excluding carboxylic acids is 2. The number of hydrogen-bond donors (Lipinski definition) is 0. The Hall–Kier alpha value is -2.88. The topological polar surface area (TPSA) is 66.4 Å². The Balaban J connectivity index is 2.02. The molecule has 2 rings (SSSR count). The van der Waals surface area contributed by atoms with E-state index in [0.717, 1.165) is 5.56 Å². The average Bonchev–Trinajstić information content (AvgIpc) is 2.60. The van der Waals surface area contributed by atoms with Crippen molar-refractivity contribution in [3.63, 3.8) is 0 Å². The van der Waals surface area contributed by atoms with Gasteiger partial charge in [0.25, 0.3) is 0 Å². The summed E-state index contributed by atoms with van der Waals surface area (Å²) in [4.78, 5) is 23.2. The fourth-order valence-electron chi connectivity index (χ4n) is 3.00.